The number of allylic oxidation sites excluding steroid dienone is 1. The number of carbonyl (C=O) groups excluding carboxylic acids is 3. The van der Waals surface area contributed by atoms with Crippen LogP contribution < -0.4 is 25.5 Å². The molecule has 4 N–H and O–H groups in total. The Morgan fingerprint density at radius 1 is 1.09 bits per heavy atom. The molecule has 13 nitrogen and oxygen atoms in total. The van der Waals surface area contributed by atoms with Crippen LogP contribution in [0.5, 0.6) is 11.5 Å². The number of hydrazone groups is 1. The van der Waals surface area contributed by atoms with Crippen LogP contribution >= 0.6 is 11.6 Å². The number of aliphatic hydroxyl groups excluding tert-OH is 1. The van der Waals surface area contributed by atoms with Gasteiger partial charge < -0.3 is 39.1 Å². The minimum absolute atomic E-state index is 0.202. The maximum atomic E-state index is 12.4. The van der Waals surface area contributed by atoms with Crippen LogP contribution in [0.15, 0.2) is 69.3 Å². The van der Waals surface area contributed by atoms with Gasteiger partial charge >= 0.3 is 18.0 Å². The Hall–Kier alpha value is -5.01. The Kier molecular flexibility index (Phi) is 10.5. The van der Waals surface area contributed by atoms with E-state index in [0.29, 0.717) is 57.0 Å². The highest BCUT2D eigenvalue weighted by molar-refractivity contribution is 6.33. The van der Waals surface area contributed by atoms with Gasteiger partial charge in [0, 0.05) is 11.3 Å². The second-order valence-corrected chi connectivity index (χ2v) is 9.71. The van der Waals surface area contributed by atoms with Crippen molar-refractivity contribution in [2.45, 2.75) is 26.1 Å². The molecule has 44 heavy (non-hydrogen) atoms. The predicted octanol–water partition coefficient (Wildman–Crippen LogP) is 3.91. The molecule has 0 saturated heterocycles. The molecular weight excluding hydrogens is 596 g/mol. The number of methoxy groups -OCH3 is 2. The number of aliphatic hydroxyl groups is 1. The first kappa shape index (κ1) is 31.9. The van der Waals surface area contributed by atoms with Crippen molar-refractivity contribution in [3.8, 4) is 22.8 Å². The fraction of sp³-hybridized carbons (Fsp3) is 0.267. The normalized spacial score (nSPS) is 15.3. The van der Waals surface area contributed by atoms with Gasteiger partial charge in [0.1, 0.15) is 18.1 Å². The highest BCUT2D eigenvalue weighted by atomic mass is 35.5. The molecule has 232 valence electrons. The number of hydrogen-bond acceptors (Lipinski definition) is 11. The maximum absolute atomic E-state index is 12.4. The van der Waals surface area contributed by atoms with Crippen LogP contribution in [-0.4, -0.2) is 63.0 Å². The number of nitrogens with zero attached hydrogens (tertiary/aromatic N) is 1. The lowest BCUT2D eigenvalue weighted by molar-refractivity contribution is -0.136. The molecule has 4 rings (SSSR count). The van der Waals surface area contributed by atoms with E-state index in [2.05, 4.69) is 21.2 Å². The van der Waals surface area contributed by atoms with Gasteiger partial charge in [-0.3, -0.25) is 5.43 Å². The minimum atomic E-state index is -1.21. The first-order chi connectivity index (χ1) is 21.1. The molecule has 2 atom stereocenters. The van der Waals surface area contributed by atoms with Crippen molar-refractivity contribution in [2.75, 3.05) is 27.4 Å². The molecule has 1 aliphatic heterocycles. The summed E-state index contributed by atoms with van der Waals surface area (Å²) in [4.78, 5) is 36.4. The van der Waals surface area contributed by atoms with Gasteiger partial charge in [0.05, 0.1) is 49.2 Å². The SMILES string of the molecule is CCOc1cc([C@@H]2NC(=O)NC(C)=C2C(=O)OC)ccc1OC[C@@H](O)N/N=C\c1ccc(-c2cc(C(=O)OC)ccc2Cl)o1. The molecule has 1 aliphatic rings. The number of urea groups is 1. The Bertz CT molecular complexity index is 1600. The number of furan rings is 1. The number of benzene rings is 2. The molecule has 0 unspecified atom stereocenters. The molecule has 0 aliphatic carbocycles. The van der Waals surface area contributed by atoms with Crippen LogP contribution in [0.1, 0.15) is 41.6 Å². The van der Waals surface area contributed by atoms with Crippen LogP contribution in [0.25, 0.3) is 11.3 Å². The van der Waals surface area contributed by atoms with Crippen molar-refractivity contribution in [3.63, 3.8) is 0 Å². The zero-order chi connectivity index (χ0) is 31.8. The van der Waals surface area contributed by atoms with Gasteiger partial charge in [-0.25, -0.2) is 14.4 Å². The first-order valence-electron chi connectivity index (χ1n) is 13.4. The molecule has 0 spiro atoms. The summed E-state index contributed by atoms with van der Waals surface area (Å²) >= 11 is 6.28. The lowest BCUT2D eigenvalue weighted by atomic mass is 9.95. The number of halogens is 1. The van der Waals surface area contributed by atoms with E-state index < -0.39 is 30.2 Å². The fourth-order valence-electron chi connectivity index (χ4n) is 4.33. The van der Waals surface area contributed by atoms with Crippen LogP contribution in [0.3, 0.4) is 0 Å². The number of carbonyl (C=O) groups is 3. The molecule has 2 heterocycles. The Balaban J connectivity index is 1.40. The summed E-state index contributed by atoms with van der Waals surface area (Å²) in [5, 5.41) is 20.1. The van der Waals surface area contributed by atoms with Gasteiger partial charge in [-0.15, -0.1) is 0 Å². The molecular formula is C30H31ClN4O9. The highest BCUT2D eigenvalue weighted by Gasteiger charge is 2.32. The molecule has 0 fully saturated rings. The minimum Gasteiger partial charge on any atom is -0.490 e. The molecule has 0 radical (unpaired) electrons. The number of esters is 2. The number of hydrogen-bond donors (Lipinski definition) is 4. The summed E-state index contributed by atoms with van der Waals surface area (Å²) in [7, 11) is 2.55. The molecule has 2 aromatic carbocycles. The summed E-state index contributed by atoms with van der Waals surface area (Å²) in [6.07, 6.45) is 0.147. The third kappa shape index (κ3) is 7.49. The van der Waals surface area contributed by atoms with Gasteiger partial charge in [0.15, 0.2) is 17.7 Å². The van der Waals surface area contributed by atoms with E-state index >= 15 is 0 Å². The van der Waals surface area contributed by atoms with E-state index in [9.17, 15) is 19.5 Å². The molecule has 1 aromatic heterocycles. The summed E-state index contributed by atoms with van der Waals surface area (Å²) in [5.41, 5.74) is 4.56. The summed E-state index contributed by atoms with van der Waals surface area (Å²) in [5.74, 6) is 0.337. The summed E-state index contributed by atoms with van der Waals surface area (Å²) < 4.78 is 26.9. The number of amides is 2. The molecule has 0 saturated carbocycles. The monoisotopic (exact) mass is 626 g/mol. The predicted molar refractivity (Wildman–Crippen MR) is 159 cm³/mol. The summed E-state index contributed by atoms with van der Waals surface area (Å²) in [6, 6.07) is 11.7. The van der Waals surface area contributed by atoms with Gasteiger partial charge in [-0.1, -0.05) is 17.7 Å². The van der Waals surface area contributed by atoms with Crippen LogP contribution in [0.2, 0.25) is 5.02 Å². The van der Waals surface area contributed by atoms with Gasteiger partial charge in [-0.05, 0) is 61.9 Å². The van der Waals surface area contributed by atoms with E-state index in [4.69, 9.17) is 35.0 Å². The fourth-order valence-corrected chi connectivity index (χ4v) is 4.55. The largest absolute Gasteiger partial charge is 0.490 e. The topological polar surface area (TPSA) is 170 Å². The molecule has 0 bridgehead atoms. The lowest BCUT2D eigenvalue weighted by Crippen LogP contribution is -2.45. The Morgan fingerprint density at radius 3 is 2.59 bits per heavy atom. The van der Waals surface area contributed by atoms with E-state index in [1.54, 1.807) is 62.4 Å². The third-order valence-corrected chi connectivity index (χ3v) is 6.70. The quantitative estimate of drug-likeness (QED) is 0.100. The lowest BCUT2D eigenvalue weighted by Gasteiger charge is -2.28. The zero-order valence-corrected chi connectivity index (χ0v) is 25.1. The van der Waals surface area contributed by atoms with Gasteiger partial charge in [0.2, 0.25) is 0 Å². The number of rotatable bonds is 12. The number of nitrogens with one attached hydrogen (secondary N) is 3. The zero-order valence-electron chi connectivity index (χ0n) is 24.3. The van der Waals surface area contributed by atoms with Gasteiger partial charge in [0.25, 0.3) is 0 Å². The van der Waals surface area contributed by atoms with Crippen LogP contribution in [0, 0.1) is 0 Å². The van der Waals surface area contributed by atoms with Crippen molar-refractivity contribution in [1.82, 2.24) is 16.1 Å². The standard InChI is InChI=1S/C30H31ClN4O9/c1-5-42-24-13-17(27-26(29(38)41-4)16(2)33-30(39)34-27)7-10-23(24)43-15-25(36)35-32-14-19-8-11-22(44-19)20-12-18(28(37)40-3)6-9-21(20)31/h6-14,25,27,35-36H,5,15H2,1-4H3,(H2,33,34,39)/b32-14-/t25-,27+/m1/s1. The highest BCUT2D eigenvalue weighted by Crippen LogP contribution is 2.35. The van der Waals surface area contributed by atoms with Crippen LogP contribution in [0.4, 0.5) is 4.79 Å². The van der Waals surface area contributed by atoms with Crippen molar-refractivity contribution in [1.29, 1.82) is 0 Å². The average Bonchev–Trinajstić information content (AvgIpc) is 3.48. The van der Waals surface area contributed by atoms with Crippen molar-refractivity contribution < 1.29 is 42.9 Å². The van der Waals surface area contributed by atoms with Crippen molar-refractivity contribution in [2.24, 2.45) is 5.10 Å². The number of ether oxygens (including phenoxy) is 4. The van der Waals surface area contributed by atoms with E-state index in [0.717, 1.165) is 0 Å². The second-order valence-electron chi connectivity index (χ2n) is 9.30. The molecule has 3 aromatic rings. The molecule has 14 heteroatoms. The Labute approximate surface area is 257 Å². The third-order valence-electron chi connectivity index (χ3n) is 6.37. The van der Waals surface area contributed by atoms with Crippen LogP contribution in [-0.2, 0) is 14.3 Å². The first-order valence-corrected chi connectivity index (χ1v) is 13.7. The smallest absolute Gasteiger partial charge is 0.337 e. The van der Waals surface area contributed by atoms with E-state index in [-0.39, 0.29) is 12.2 Å². The second kappa shape index (κ2) is 14.4. The maximum Gasteiger partial charge on any atom is 0.337 e. The van der Waals surface area contributed by atoms with Crippen molar-refractivity contribution >= 4 is 35.8 Å². The Morgan fingerprint density at radius 2 is 1.86 bits per heavy atom. The summed E-state index contributed by atoms with van der Waals surface area (Å²) in [6.45, 7) is 3.52. The van der Waals surface area contributed by atoms with E-state index in [1.807, 2.05) is 0 Å². The molecule has 2 amide bonds. The van der Waals surface area contributed by atoms with Gasteiger partial charge in [-0.2, -0.15) is 5.10 Å². The van der Waals surface area contributed by atoms with E-state index in [1.165, 1.54) is 20.4 Å². The average molecular weight is 627 g/mol. The van der Waals surface area contributed by atoms with Crippen molar-refractivity contribution in [3.05, 3.63) is 81.7 Å².